The van der Waals surface area contributed by atoms with Crippen LogP contribution in [-0.4, -0.2) is 0 Å². The van der Waals surface area contributed by atoms with Gasteiger partial charge in [0.05, 0.1) is 0 Å². The zero-order chi connectivity index (χ0) is 23.0. The van der Waals surface area contributed by atoms with Gasteiger partial charge in [0, 0.05) is 14.5 Å². The normalized spacial score (nSPS) is 12.5. The summed E-state index contributed by atoms with van der Waals surface area (Å²) in [7, 11) is 0. The molecule has 0 atom stereocenters. The zero-order valence-electron chi connectivity index (χ0n) is 18.0. The second kappa shape index (κ2) is 11.5. The molecule has 0 amide bonds. The lowest BCUT2D eigenvalue weighted by atomic mass is 9.99. The Labute approximate surface area is 214 Å². The van der Waals surface area contributed by atoms with Gasteiger partial charge in [-0.05, 0) is 82.6 Å². The van der Waals surface area contributed by atoms with Gasteiger partial charge in [-0.3, -0.25) is 0 Å². The molecule has 0 nitrogen and oxygen atoms in total. The van der Waals surface area contributed by atoms with E-state index in [2.05, 4.69) is 76.6 Å². The molecule has 0 radical (unpaired) electrons. The van der Waals surface area contributed by atoms with Crippen molar-refractivity contribution >= 4 is 50.8 Å². The molecule has 0 heterocycles. The van der Waals surface area contributed by atoms with Gasteiger partial charge in [-0.2, -0.15) is 0 Å². The molecule has 0 aliphatic heterocycles. The van der Waals surface area contributed by atoms with Gasteiger partial charge in [0.1, 0.15) is 0 Å². The van der Waals surface area contributed by atoms with E-state index in [0.29, 0.717) is 0 Å². The van der Waals surface area contributed by atoms with Crippen LogP contribution < -0.4 is 0 Å². The Balaban J connectivity index is 0.000000130. The Hall–Kier alpha value is -2.58. The molecule has 6 rings (SSSR count). The van der Waals surface area contributed by atoms with Crippen LogP contribution in [0.15, 0.2) is 114 Å². The SMILES string of the molecule is Brc1ccccc1.Clc1ccc2c(c1)C(c1ccccc1)=CC2.Clc1ccc2c(c1)C=CC2. The smallest absolute Gasteiger partial charge is 0.0412 e. The van der Waals surface area contributed by atoms with E-state index in [4.69, 9.17) is 23.2 Å². The number of fused-ring (bicyclic) bond motifs is 2. The maximum atomic E-state index is 6.05. The molecule has 0 spiro atoms. The summed E-state index contributed by atoms with van der Waals surface area (Å²) in [5.74, 6) is 0. The molecule has 3 heteroatoms. The molecule has 33 heavy (non-hydrogen) atoms. The molecule has 0 fully saturated rings. The van der Waals surface area contributed by atoms with Crippen molar-refractivity contribution in [3.63, 3.8) is 0 Å². The summed E-state index contributed by atoms with van der Waals surface area (Å²) < 4.78 is 1.13. The summed E-state index contributed by atoms with van der Waals surface area (Å²) in [6.07, 6.45) is 8.61. The number of hydrogen-bond acceptors (Lipinski definition) is 0. The summed E-state index contributed by atoms with van der Waals surface area (Å²) in [4.78, 5) is 0. The highest BCUT2D eigenvalue weighted by molar-refractivity contribution is 9.10. The molecule has 0 unspecified atom stereocenters. The zero-order valence-corrected chi connectivity index (χ0v) is 21.1. The number of hydrogen-bond donors (Lipinski definition) is 0. The van der Waals surface area contributed by atoms with E-state index in [1.54, 1.807) is 0 Å². The number of allylic oxidation sites excluding steroid dienone is 2. The maximum Gasteiger partial charge on any atom is 0.0412 e. The first-order valence-corrected chi connectivity index (χ1v) is 12.3. The van der Waals surface area contributed by atoms with Crippen LogP contribution in [-0.2, 0) is 12.8 Å². The minimum absolute atomic E-state index is 0.808. The van der Waals surface area contributed by atoms with E-state index in [1.807, 2.05) is 54.6 Å². The van der Waals surface area contributed by atoms with Crippen LogP contribution in [0.3, 0.4) is 0 Å². The summed E-state index contributed by atoms with van der Waals surface area (Å²) >= 11 is 15.1. The molecule has 2 aliphatic rings. The molecule has 4 aromatic rings. The van der Waals surface area contributed by atoms with E-state index in [9.17, 15) is 0 Å². The van der Waals surface area contributed by atoms with Crippen molar-refractivity contribution in [3.05, 3.63) is 152 Å². The molecule has 164 valence electrons. The van der Waals surface area contributed by atoms with E-state index < -0.39 is 0 Å². The van der Waals surface area contributed by atoms with Crippen LogP contribution in [0.1, 0.15) is 27.8 Å². The summed E-state index contributed by atoms with van der Waals surface area (Å²) in [5, 5.41) is 1.63. The molecule has 2 aliphatic carbocycles. The Morgan fingerprint density at radius 1 is 0.636 bits per heavy atom. The molecule has 0 N–H and O–H groups in total. The first-order chi connectivity index (χ1) is 16.1. The lowest BCUT2D eigenvalue weighted by molar-refractivity contribution is 1.31. The highest BCUT2D eigenvalue weighted by atomic mass is 79.9. The third kappa shape index (κ3) is 6.48. The first kappa shape index (κ1) is 23.6. The van der Waals surface area contributed by atoms with Gasteiger partial charge in [0.15, 0.2) is 0 Å². The number of halogens is 3. The molecule has 0 saturated heterocycles. The molecule has 0 bridgehead atoms. The topological polar surface area (TPSA) is 0 Å². The Bertz CT molecular complexity index is 1280. The fourth-order valence-electron chi connectivity index (χ4n) is 3.82. The van der Waals surface area contributed by atoms with E-state index >= 15 is 0 Å². The fraction of sp³-hybridized carbons (Fsp3) is 0.0667. The van der Waals surface area contributed by atoms with Crippen molar-refractivity contribution in [2.75, 3.05) is 0 Å². The van der Waals surface area contributed by atoms with Crippen LogP contribution >= 0.6 is 39.1 Å². The van der Waals surface area contributed by atoms with Crippen molar-refractivity contribution in [2.24, 2.45) is 0 Å². The average Bonchev–Trinajstić information content (AvgIpc) is 3.47. The molecular formula is C30H23BrCl2. The minimum atomic E-state index is 0.808. The van der Waals surface area contributed by atoms with E-state index in [-0.39, 0.29) is 0 Å². The maximum absolute atomic E-state index is 6.05. The van der Waals surface area contributed by atoms with Gasteiger partial charge in [0.2, 0.25) is 0 Å². The predicted octanol–water partition coefficient (Wildman–Crippen LogP) is 9.69. The fourth-order valence-corrected chi connectivity index (χ4v) is 4.48. The highest BCUT2D eigenvalue weighted by Crippen LogP contribution is 2.34. The van der Waals surface area contributed by atoms with Crippen LogP contribution in [0.4, 0.5) is 0 Å². The largest absolute Gasteiger partial charge is 0.0843 e. The van der Waals surface area contributed by atoms with Crippen molar-refractivity contribution in [3.8, 4) is 0 Å². The lowest BCUT2D eigenvalue weighted by Gasteiger charge is -2.06. The summed E-state index contributed by atoms with van der Waals surface area (Å²) in [6, 6.07) is 32.6. The second-order valence-corrected chi connectivity index (χ2v) is 9.52. The standard InChI is InChI=1S/C15H11Cl.C9H7Cl.C6H5Br/c16-13-8-6-12-7-9-14(15(12)10-13)11-4-2-1-3-5-11;10-9-5-4-7-2-1-3-8(7)6-9;7-6-4-2-1-3-5-6/h1-6,8-10H,7H2;1,3-6H,2H2;1-5H. The summed E-state index contributed by atoms with van der Waals surface area (Å²) in [5.41, 5.74) is 7.86. The first-order valence-electron chi connectivity index (χ1n) is 10.8. The Morgan fingerprint density at radius 2 is 1.27 bits per heavy atom. The highest BCUT2D eigenvalue weighted by Gasteiger charge is 2.15. The van der Waals surface area contributed by atoms with Gasteiger partial charge < -0.3 is 0 Å². The third-order valence-corrected chi connectivity index (χ3v) is 6.45. The van der Waals surface area contributed by atoms with Crippen molar-refractivity contribution in [1.82, 2.24) is 0 Å². The van der Waals surface area contributed by atoms with Crippen molar-refractivity contribution in [1.29, 1.82) is 0 Å². The van der Waals surface area contributed by atoms with Crippen LogP contribution in [0, 0.1) is 0 Å². The van der Waals surface area contributed by atoms with E-state index in [0.717, 1.165) is 27.4 Å². The van der Waals surface area contributed by atoms with Gasteiger partial charge in [-0.15, -0.1) is 0 Å². The summed E-state index contributed by atoms with van der Waals surface area (Å²) in [6.45, 7) is 0. The minimum Gasteiger partial charge on any atom is -0.0843 e. The monoisotopic (exact) mass is 532 g/mol. The van der Waals surface area contributed by atoms with Crippen LogP contribution in [0.25, 0.3) is 11.6 Å². The van der Waals surface area contributed by atoms with Crippen molar-refractivity contribution < 1.29 is 0 Å². The number of benzene rings is 4. The average molecular weight is 534 g/mol. The van der Waals surface area contributed by atoms with Crippen LogP contribution in [0.5, 0.6) is 0 Å². The van der Waals surface area contributed by atoms with Gasteiger partial charge in [0.25, 0.3) is 0 Å². The number of rotatable bonds is 1. The Kier molecular flexibility index (Phi) is 8.23. The predicted molar refractivity (Wildman–Crippen MR) is 147 cm³/mol. The van der Waals surface area contributed by atoms with Crippen molar-refractivity contribution in [2.45, 2.75) is 12.8 Å². The molecule has 0 aromatic heterocycles. The van der Waals surface area contributed by atoms with E-state index in [1.165, 1.54) is 33.4 Å². The third-order valence-electron chi connectivity index (χ3n) is 5.45. The molecular weight excluding hydrogens is 511 g/mol. The van der Waals surface area contributed by atoms with Crippen LogP contribution in [0.2, 0.25) is 10.0 Å². The lowest BCUT2D eigenvalue weighted by Crippen LogP contribution is -1.86. The second-order valence-electron chi connectivity index (χ2n) is 7.73. The quantitative estimate of drug-likeness (QED) is 0.228. The Morgan fingerprint density at radius 3 is 1.94 bits per heavy atom. The van der Waals surface area contributed by atoms with Gasteiger partial charge >= 0.3 is 0 Å². The molecule has 0 saturated carbocycles. The van der Waals surface area contributed by atoms with Gasteiger partial charge in [-0.25, -0.2) is 0 Å². The van der Waals surface area contributed by atoms with Gasteiger partial charge in [-0.1, -0.05) is 118 Å². The molecule has 4 aromatic carbocycles.